The summed E-state index contributed by atoms with van der Waals surface area (Å²) < 4.78 is 0. The molecule has 0 heterocycles. The topological polar surface area (TPSA) is 23.8 Å². The molecular formula is C21H21N. The molecule has 2 aromatic carbocycles. The molecule has 1 heteroatoms. The first-order chi connectivity index (χ1) is 10.8. The third kappa shape index (κ3) is 4.46. The van der Waals surface area contributed by atoms with Crippen LogP contribution in [0, 0.1) is 16.7 Å². The van der Waals surface area contributed by atoms with E-state index in [4.69, 9.17) is 0 Å². The third-order valence-corrected chi connectivity index (χ3v) is 3.82. The highest BCUT2D eigenvalue weighted by molar-refractivity contribution is 5.25. The normalized spacial score (nSPS) is 11.2. The van der Waals surface area contributed by atoms with Gasteiger partial charge in [0.1, 0.15) is 0 Å². The van der Waals surface area contributed by atoms with Crippen molar-refractivity contribution in [1.82, 2.24) is 0 Å². The minimum Gasteiger partial charge on any atom is -0.198 e. The molecular weight excluding hydrogens is 266 g/mol. The Labute approximate surface area is 133 Å². The molecule has 0 bridgehead atoms. The van der Waals surface area contributed by atoms with Crippen LogP contribution in [0.4, 0.5) is 0 Å². The molecule has 22 heavy (non-hydrogen) atoms. The van der Waals surface area contributed by atoms with Gasteiger partial charge >= 0.3 is 0 Å². The van der Waals surface area contributed by atoms with Crippen molar-refractivity contribution in [2.24, 2.45) is 5.41 Å². The third-order valence-electron chi connectivity index (χ3n) is 3.82. The number of hydrogen-bond acceptors (Lipinski definition) is 1. The zero-order valence-electron chi connectivity index (χ0n) is 12.8. The summed E-state index contributed by atoms with van der Waals surface area (Å²) in [5.74, 6) is 0. The zero-order chi connectivity index (χ0) is 15.7. The van der Waals surface area contributed by atoms with Gasteiger partial charge in [0.2, 0.25) is 0 Å². The number of rotatable bonds is 7. The molecule has 110 valence electrons. The van der Waals surface area contributed by atoms with Crippen LogP contribution >= 0.6 is 0 Å². The second kappa shape index (κ2) is 8.00. The molecule has 0 fully saturated rings. The summed E-state index contributed by atoms with van der Waals surface area (Å²) in [6.07, 6.45) is 8.07. The van der Waals surface area contributed by atoms with Gasteiger partial charge in [-0.05, 0) is 24.0 Å². The van der Waals surface area contributed by atoms with Crippen molar-refractivity contribution in [1.29, 1.82) is 5.26 Å². The Bertz CT molecular complexity index is 606. The molecule has 1 nitrogen and oxygen atoms in total. The zero-order valence-corrected chi connectivity index (χ0v) is 12.8. The van der Waals surface area contributed by atoms with E-state index < -0.39 is 0 Å². The van der Waals surface area contributed by atoms with Crippen molar-refractivity contribution in [3.8, 4) is 6.07 Å². The summed E-state index contributed by atoms with van der Waals surface area (Å²) in [5, 5.41) is 9.35. The Hall–Kier alpha value is -2.59. The molecule has 2 rings (SSSR count). The quantitative estimate of drug-likeness (QED) is 0.649. The van der Waals surface area contributed by atoms with Crippen LogP contribution in [0.25, 0.3) is 0 Å². The largest absolute Gasteiger partial charge is 0.198 e. The fraction of sp³-hybridized carbons (Fsp3) is 0.190. The first-order valence-corrected chi connectivity index (χ1v) is 7.53. The number of allylic oxidation sites excluding steroid dienone is 3. The molecule has 0 aliphatic heterocycles. The molecule has 2 aromatic rings. The molecule has 0 saturated carbocycles. The summed E-state index contributed by atoms with van der Waals surface area (Å²) in [6.45, 7) is 3.77. The van der Waals surface area contributed by atoms with Gasteiger partial charge in [0.05, 0.1) is 6.07 Å². The van der Waals surface area contributed by atoms with E-state index in [0.717, 1.165) is 12.8 Å². The van der Waals surface area contributed by atoms with Crippen LogP contribution in [0.2, 0.25) is 0 Å². The smallest absolute Gasteiger partial charge is 0.0631 e. The molecule has 0 N–H and O–H groups in total. The van der Waals surface area contributed by atoms with E-state index in [-0.39, 0.29) is 5.41 Å². The highest BCUT2D eigenvalue weighted by Gasteiger charge is 2.27. The van der Waals surface area contributed by atoms with Gasteiger partial charge in [-0.1, -0.05) is 85.5 Å². The predicted molar refractivity (Wildman–Crippen MR) is 92.3 cm³/mol. The molecule has 0 aliphatic carbocycles. The van der Waals surface area contributed by atoms with Gasteiger partial charge in [0.15, 0.2) is 0 Å². The SMILES string of the molecule is C=C/C=C\C(CC#N)(Cc1ccccc1)Cc1ccccc1. The summed E-state index contributed by atoms with van der Waals surface area (Å²) in [6, 6.07) is 23.1. The first-order valence-electron chi connectivity index (χ1n) is 7.53. The van der Waals surface area contributed by atoms with Crippen molar-refractivity contribution in [3.05, 3.63) is 96.6 Å². The maximum atomic E-state index is 9.35. The number of nitrogens with zero attached hydrogens (tertiary/aromatic N) is 1. The summed E-state index contributed by atoms with van der Waals surface area (Å²) in [4.78, 5) is 0. The standard InChI is InChI=1S/C21H21N/c1-2-3-14-21(15-16-22,17-19-10-6-4-7-11-19)18-20-12-8-5-9-13-20/h2-14H,1,15,17-18H2/b14-3-. The lowest BCUT2D eigenvalue weighted by molar-refractivity contribution is 0.385. The minimum atomic E-state index is -0.203. The van der Waals surface area contributed by atoms with Crippen molar-refractivity contribution in [2.45, 2.75) is 19.3 Å². The van der Waals surface area contributed by atoms with Crippen LogP contribution in [-0.2, 0) is 12.8 Å². The second-order valence-electron chi connectivity index (χ2n) is 5.62. The Morgan fingerprint density at radius 1 is 0.909 bits per heavy atom. The Morgan fingerprint density at radius 3 is 1.82 bits per heavy atom. The molecule has 0 unspecified atom stereocenters. The van der Waals surface area contributed by atoms with E-state index in [1.54, 1.807) is 6.08 Å². The second-order valence-corrected chi connectivity index (χ2v) is 5.62. The number of nitriles is 1. The summed E-state index contributed by atoms with van der Waals surface area (Å²) in [7, 11) is 0. The number of hydrogen-bond donors (Lipinski definition) is 0. The van der Waals surface area contributed by atoms with E-state index in [1.165, 1.54) is 11.1 Å². The Kier molecular flexibility index (Phi) is 5.74. The molecule has 0 radical (unpaired) electrons. The monoisotopic (exact) mass is 287 g/mol. The van der Waals surface area contributed by atoms with Gasteiger partial charge in [-0.25, -0.2) is 0 Å². The van der Waals surface area contributed by atoms with Gasteiger partial charge in [-0.2, -0.15) is 5.26 Å². The van der Waals surface area contributed by atoms with E-state index in [0.29, 0.717) is 6.42 Å². The minimum absolute atomic E-state index is 0.203. The van der Waals surface area contributed by atoms with Crippen LogP contribution in [-0.4, -0.2) is 0 Å². The van der Waals surface area contributed by atoms with Gasteiger partial charge in [0.25, 0.3) is 0 Å². The van der Waals surface area contributed by atoms with E-state index in [1.807, 2.05) is 42.5 Å². The van der Waals surface area contributed by atoms with Crippen LogP contribution in [0.5, 0.6) is 0 Å². The van der Waals surface area contributed by atoms with Crippen LogP contribution < -0.4 is 0 Å². The molecule has 0 atom stereocenters. The fourth-order valence-electron chi connectivity index (χ4n) is 2.80. The predicted octanol–water partition coefficient (Wildman–Crippen LogP) is 5.11. The molecule has 0 spiro atoms. The average molecular weight is 287 g/mol. The summed E-state index contributed by atoms with van der Waals surface area (Å²) in [5.41, 5.74) is 2.30. The molecule has 0 aliphatic rings. The average Bonchev–Trinajstić information content (AvgIpc) is 2.55. The van der Waals surface area contributed by atoms with Gasteiger partial charge in [-0.3, -0.25) is 0 Å². The van der Waals surface area contributed by atoms with E-state index in [9.17, 15) is 5.26 Å². The van der Waals surface area contributed by atoms with E-state index >= 15 is 0 Å². The van der Waals surface area contributed by atoms with Crippen molar-refractivity contribution in [2.75, 3.05) is 0 Å². The van der Waals surface area contributed by atoms with Crippen molar-refractivity contribution in [3.63, 3.8) is 0 Å². The Morgan fingerprint density at radius 2 is 1.41 bits per heavy atom. The molecule has 0 saturated heterocycles. The highest BCUT2D eigenvalue weighted by Crippen LogP contribution is 2.33. The lowest BCUT2D eigenvalue weighted by Gasteiger charge is -2.29. The molecule has 0 amide bonds. The van der Waals surface area contributed by atoms with Crippen LogP contribution in [0.1, 0.15) is 17.5 Å². The Balaban J connectivity index is 2.34. The van der Waals surface area contributed by atoms with E-state index in [2.05, 4.69) is 43.0 Å². The highest BCUT2D eigenvalue weighted by atomic mass is 14.3. The van der Waals surface area contributed by atoms with Gasteiger partial charge < -0.3 is 0 Å². The van der Waals surface area contributed by atoms with Crippen molar-refractivity contribution >= 4 is 0 Å². The first kappa shape index (κ1) is 15.8. The lowest BCUT2D eigenvalue weighted by atomic mass is 9.74. The van der Waals surface area contributed by atoms with Gasteiger partial charge in [-0.15, -0.1) is 0 Å². The number of benzene rings is 2. The molecule has 0 aromatic heterocycles. The van der Waals surface area contributed by atoms with Crippen LogP contribution in [0.3, 0.4) is 0 Å². The van der Waals surface area contributed by atoms with Crippen molar-refractivity contribution < 1.29 is 0 Å². The van der Waals surface area contributed by atoms with Crippen LogP contribution in [0.15, 0.2) is 85.5 Å². The van der Waals surface area contributed by atoms with Gasteiger partial charge in [0, 0.05) is 11.8 Å². The summed E-state index contributed by atoms with van der Waals surface area (Å²) >= 11 is 0. The lowest BCUT2D eigenvalue weighted by Crippen LogP contribution is -2.24. The maximum absolute atomic E-state index is 9.35. The maximum Gasteiger partial charge on any atom is 0.0631 e. The fourth-order valence-corrected chi connectivity index (χ4v) is 2.80.